The van der Waals surface area contributed by atoms with E-state index in [2.05, 4.69) is 11.4 Å². The molecule has 20 heavy (non-hydrogen) atoms. The van der Waals surface area contributed by atoms with Crippen molar-refractivity contribution in [1.29, 1.82) is 0 Å². The van der Waals surface area contributed by atoms with Crippen LogP contribution in [0.3, 0.4) is 0 Å². The van der Waals surface area contributed by atoms with Gasteiger partial charge in [-0.05, 0) is 55.8 Å². The summed E-state index contributed by atoms with van der Waals surface area (Å²) in [4.78, 5) is 14.4. The number of carbonyl (C=O) groups excluding carboxylic acids is 1. The molecule has 1 atom stereocenters. The second-order valence-electron chi connectivity index (χ2n) is 5.87. The van der Waals surface area contributed by atoms with Crippen LogP contribution in [0.2, 0.25) is 5.02 Å². The Balaban J connectivity index is 1.60. The average Bonchev–Trinajstić information content (AvgIpc) is 3.12. The first kappa shape index (κ1) is 13.9. The van der Waals surface area contributed by atoms with Gasteiger partial charge in [0.1, 0.15) is 0 Å². The van der Waals surface area contributed by atoms with Gasteiger partial charge in [0.2, 0.25) is 5.91 Å². The molecular formula is C16H21ClN2O. The highest BCUT2D eigenvalue weighted by molar-refractivity contribution is 6.30. The van der Waals surface area contributed by atoms with Crippen LogP contribution in [0.4, 0.5) is 0 Å². The molecule has 1 amide bonds. The molecule has 3 nitrogen and oxygen atoms in total. The number of nitrogens with zero attached hydrogens (tertiary/aromatic N) is 1. The normalized spacial score (nSPS) is 22.2. The summed E-state index contributed by atoms with van der Waals surface area (Å²) >= 11 is 6.06. The predicted octanol–water partition coefficient (Wildman–Crippen LogP) is 3.00. The molecule has 1 saturated carbocycles. The van der Waals surface area contributed by atoms with Gasteiger partial charge in [0, 0.05) is 11.6 Å². The minimum Gasteiger partial charge on any atom is -0.335 e. The lowest BCUT2D eigenvalue weighted by Crippen LogP contribution is -2.38. The molecular weight excluding hydrogens is 272 g/mol. The molecule has 3 rings (SSSR count). The van der Waals surface area contributed by atoms with E-state index in [1.807, 2.05) is 23.1 Å². The molecule has 2 fully saturated rings. The Bertz CT molecular complexity index is 487. The van der Waals surface area contributed by atoms with Crippen molar-refractivity contribution in [3.05, 3.63) is 34.9 Å². The van der Waals surface area contributed by atoms with Crippen LogP contribution in [-0.4, -0.2) is 30.4 Å². The Kier molecular flexibility index (Phi) is 4.27. The van der Waals surface area contributed by atoms with E-state index in [9.17, 15) is 4.79 Å². The fourth-order valence-electron chi connectivity index (χ4n) is 2.93. The first-order valence-electron chi connectivity index (χ1n) is 7.49. The predicted molar refractivity (Wildman–Crippen MR) is 80.7 cm³/mol. The number of carbonyl (C=O) groups is 1. The van der Waals surface area contributed by atoms with Crippen LogP contribution in [0.15, 0.2) is 24.3 Å². The summed E-state index contributed by atoms with van der Waals surface area (Å²) < 4.78 is 0. The zero-order valence-electron chi connectivity index (χ0n) is 11.6. The van der Waals surface area contributed by atoms with E-state index >= 15 is 0 Å². The second kappa shape index (κ2) is 6.15. The van der Waals surface area contributed by atoms with Crippen molar-refractivity contribution in [1.82, 2.24) is 10.2 Å². The molecule has 0 bridgehead atoms. The summed E-state index contributed by atoms with van der Waals surface area (Å²) in [5, 5.41) is 4.03. The number of halogens is 1. The highest BCUT2D eigenvalue weighted by Crippen LogP contribution is 2.33. The summed E-state index contributed by atoms with van der Waals surface area (Å²) in [7, 11) is 0. The molecule has 4 heteroatoms. The molecule has 1 unspecified atom stereocenters. The van der Waals surface area contributed by atoms with Crippen molar-refractivity contribution >= 4 is 17.5 Å². The van der Waals surface area contributed by atoms with Gasteiger partial charge < -0.3 is 10.2 Å². The number of hydrogen-bond acceptors (Lipinski definition) is 2. The zero-order chi connectivity index (χ0) is 13.9. The third kappa shape index (κ3) is 3.33. The SMILES string of the molecule is O=C(CNCC1CC1)N1CCCC1c1cccc(Cl)c1. The smallest absolute Gasteiger partial charge is 0.237 e. The van der Waals surface area contributed by atoms with E-state index in [1.54, 1.807) is 0 Å². The standard InChI is InChI=1S/C16H21ClN2O/c17-14-4-1-3-13(9-14)15-5-2-8-19(15)16(20)11-18-10-12-6-7-12/h1,3-4,9,12,15,18H,2,5-8,10-11H2. The van der Waals surface area contributed by atoms with Crippen molar-refractivity contribution in [2.24, 2.45) is 5.92 Å². The van der Waals surface area contributed by atoms with E-state index in [0.29, 0.717) is 6.54 Å². The van der Waals surface area contributed by atoms with Gasteiger partial charge >= 0.3 is 0 Å². The maximum atomic E-state index is 12.3. The van der Waals surface area contributed by atoms with Gasteiger partial charge in [-0.2, -0.15) is 0 Å². The highest BCUT2D eigenvalue weighted by Gasteiger charge is 2.30. The zero-order valence-corrected chi connectivity index (χ0v) is 12.4. The summed E-state index contributed by atoms with van der Waals surface area (Å²) in [5.74, 6) is 1.03. The number of amides is 1. The Morgan fingerprint density at radius 1 is 1.35 bits per heavy atom. The van der Waals surface area contributed by atoms with E-state index in [1.165, 1.54) is 12.8 Å². The first-order chi connectivity index (χ1) is 9.74. The minimum atomic E-state index is 0.198. The number of benzene rings is 1. The van der Waals surface area contributed by atoms with Gasteiger partial charge in [0.25, 0.3) is 0 Å². The third-order valence-electron chi connectivity index (χ3n) is 4.21. The van der Waals surface area contributed by atoms with Gasteiger partial charge in [-0.1, -0.05) is 23.7 Å². The lowest BCUT2D eigenvalue weighted by molar-refractivity contribution is -0.131. The monoisotopic (exact) mass is 292 g/mol. The number of hydrogen-bond donors (Lipinski definition) is 1. The second-order valence-corrected chi connectivity index (χ2v) is 6.31. The molecule has 1 heterocycles. The first-order valence-corrected chi connectivity index (χ1v) is 7.87. The topological polar surface area (TPSA) is 32.3 Å². The summed E-state index contributed by atoms with van der Waals surface area (Å²) in [5.41, 5.74) is 1.16. The molecule has 1 N–H and O–H groups in total. The van der Waals surface area contributed by atoms with Crippen LogP contribution in [0.5, 0.6) is 0 Å². The van der Waals surface area contributed by atoms with Crippen molar-refractivity contribution in [2.75, 3.05) is 19.6 Å². The minimum absolute atomic E-state index is 0.198. The summed E-state index contributed by atoms with van der Waals surface area (Å²) in [6.45, 7) is 2.32. The molecule has 1 saturated heterocycles. The third-order valence-corrected chi connectivity index (χ3v) is 4.45. The van der Waals surface area contributed by atoms with Gasteiger partial charge in [0.05, 0.1) is 12.6 Å². The van der Waals surface area contributed by atoms with Crippen LogP contribution < -0.4 is 5.32 Å². The van der Waals surface area contributed by atoms with E-state index in [0.717, 1.165) is 42.4 Å². The molecule has 1 aromatic rings. The molecule has 1 aliphatic carbocycles. The van der Waals surface area contributed by atoms with Crippen molar-refractivity contribution in [3.63, 3.8) is 0 Å². The Morgan fingerprint density at radius 2 is 2.20 bits per heavy atom. The van der Waals surface area contributed by atoms with Gasteiger partial charge in [0.15, 0.2) is 0 Å². The fraction of sp³-hybridized carbons (Fsp3) is 0.562. The molecule has 108 valence electrons. The number of nitrogens with one attached hydrogen (secondary N) is 1. The summed E-state index contributed by atoms with van der Waals surface area (Å²) in [6, 6.07) is 8.09. The van der Waals surface area contributed by atoms with Crippen LogP contribution in [0, 0.1) is 5.92 Å². The maximum Gasteiger partial charge on any atom is 0.237 e. The Hall–Kier alpha value is -1.06. The van der Waals surface area contributed by atoms with Gasteiger partial charge in [-0.15, -0.1) is 0 Å². The fourth-order valence-corrected chi connectivity index (χ4v) is 3.13. The van der Waals surface area contributed by atoms with E-state index < -0.39 is 0 Å². The average molecular weight is 293 g/mol. The lowest BCUT2D eigenvalue weighted by atomic mass is 10.0. The van der Waals surface area contributed by atoms with E-state index in [4.69, 9.17) is 11.6 Å². The van der Waals surface area contributed by atoms with Crippen molar-refractivity contribution in [2.45, 2.75) is 31.7 Å². The molecule has 1 aromatic carbocycles. The van der Waals surface area contributed by atoms with Crippen molar-refractivity contribution in [3.8, 4) is 0 Å². The summed E-state index contributed by atoms with van der Waals surface area (Å²) in [6.07, 6.45) is 4.74. The highest BCUT2D eigenvalue weighted by atomic mass is 35.5. The number of likely N-dealkylation sites (tertiary alicyclic amines) is 1. The largest absolute Gasteiger partial charge is 0.335 e. The molecule has 0 radical (unpaired) electrons. The lowest BCUT2D eigenvalue weighted by Gasteiger charge is -2.25. The molecule has 0 spiro atoms. The van der Waals surface area contributed by atoms with Crippen LogP contribution in [0.25, 0.3) is 0 Å². The maximum absolute atomic E-state index is 12.3. The molecule has 1 aliphatic heterocycles. The molecule has 2 aliphatic rings. The van der Waals surface area contributed by atoms with Crippen LogP contribution in [-0.2, 0) is 4.79 Å². The van der Waals surface area contributed by atoms with Crippen LogP contribution in [0.1, 0.15) is 37.3 Å². The Morgan fingerprint density at radius 3 is 2.95 bits per heavy atom. The quantitative estimate of drug-likeness (QED) is 0.905. The van der Waals surface area contributed by atoms with E-state index in [-0.39, 0.29) is 11.9 Å². The van der Waals surface area contributed by atoms with Crippen LogP contribution >= 0.6 is 11.6 Å². The number of rotatable bonds is 5. The Labute approximate surface area is 125 Å². The van der Waals surface area contributed by atoms with Gasteiger partial charge in [-0.25, -0.2) is 0 Å². The van der Waals surface area contributed by atoms with Crippen molar-refractivity contribution < 1.29 is 4.79 Å². The van der Waals surface area contributed by atoms with Gasteiger partial charge in [-0.3, -0.25) is 4.79 Å². The molecule has 0 aromatic heterocycles.